The van der Waals surface area contributed by atoms with Gasteiger partial charge in [-0.05, 0) is 18.2 Å². The topological polar surface area (TPSA) is 37.7 Å². The molecule has 174 valence electrons. The van der Waals surface area contributed by atoms with Gasteiger partial charge in [-0.2, -0.15) is 0 Å². The molecule has 1 aromatic heterocycles. The summed E-state index contributed by atoms with van der Waals surface area (Å²) in [5.41, 5.74) is 4.56. The number of aromatic nitrogens is 1. The molecule has 0 radical (unpaired) electrons. The Morgan fingerprint density at radius 2 is 1.57 bits per heavy atom. The number of benzene rings is 3. The van der Waals surface area contributed by atoms with Gasteiger partial charge in [0.25, 0.3) is 0 Å². The van der Waals surface area contributed by atoms with Gasteiger partial charge in [0, 0.05) is 54.9 Å². The van der Waals surface area contributed by atoms with Crippen LogP contribution in [0.25, 0.3) is 0 Å². The van der Waals surface area contributed by atoms with Gasteiger partial charge < -0.3 is 9.64 Å². The Bertz CT molecular complexity index is 1290. The lowest BCUT2D eigenvalue weighted by atomic mass is 9.82. The minimum absolute atomic E-state index is 0.232. The molecular weight excluding hydrogens is 437 g/mol. The van der Waals surface area contributed by atoms with Crippen molar-refractivity contribution in [2.75, 3.05) is 18.0 Å². The fraction of sp³-hybridized carbons (Fsp3) is 0.200. The highest BCUT2D eigenvalue weighted by atomic mass is 19.1. The minimum atomic E-state index is -0.524. The Morgan fingerprint density at radius 1 is 0.886 bits per heavy atom. The number of nitrogens with zero attached hydrogens (tertiary/aromatic N) is 3. The van der Waals surface area contributed by atoms with Gasteiger partial charge in [0.05, 0.1) is 17.6 Å². The predicted molar refractivity (Wildman–Crippen MR) is 137 cm³/mol. The molecule has 6 rings (SSSR count). The summed E-state index contributed by atoms with van der Waals surface area (Å²) in [6, 6.07) is 29.2. The third-order valence-electron chi connectivity index (χ3n) is 7.06. The van der Waals surface area contributed by atoms with Crippen LogP contribution in [-0.2, 0) is 0 Å². The Hall–Kier alpha value is -3.99. The smallest absolute Gasteiger partial charge is 0.139 e. The second-order valence-corrected chi connectivity index (χ2v) is 9.16. The molecule has 1 fully saturated rings. The van der Waals surface area contributed by atoms with Gasteiger partial charge in [-0.15, -0.1) is 0 Å². The van der Waals surface area contributed by atoms with Crippen molar-refractivity contribution in [1.82, 2.24) is 4.98 Å². The number of hydrogen-bond donors (Lipinski definition) is 0. The van der Waals surface area contributed by atoms with Crippen LogP contribution in [0.1, 0.15) is 35.6 Å². The Labute approximate surface area is 204 Å². The molecule has 1 atom stereocenters. The molecule has 1 spiro atoms. The molecule has 0 amide bonds. The van der Waals surface area contributed by atoms with Gasteiger partial charge in [0.2, 0.25) is 0 Å². The molecule has 2 aliphatic heterocycles. The molecule has 3 aromatic carbocycles. The summed E-state index contributed by atoms with van der Waals surface area (Å²) in [6.07, 6.45) is 5.25. The van der Waals surface area contributed by atoms with Crippen molar-refractivity contribution in [1.29, 1.82) is 0 Å². The van der Waals surface area contributed by atoms with Crippen LogP contribution >= 0.6 is 0 Å². The molecule has 5 heteroatoms. The fourth-order valence-electron chi connectivity index (χ4n) is 5.26. The molecule has 35 heavy (non-hydrogen) atoms. The van der Waals surface area contributed by atoms with Crippen molar-refractivity contribution in [3.8, 4) is 5.75 Å². The lowest BCUT2D eigenvalue weighted by Gasteiger charge is -2.42. The summed E-state index contributed by atoms with van der Waals surface area (Å²) in [7, 11) is 0. The Balaban J connectivity index is 1.43. The van der Waals surface area contributed by atoms with Crippen molar-refractivity contribution >= 4 is 11.4 Å². The molecule has 1 saturated heterocycles. The van der Waals surface area contributed by atoms with Gasteiger partial charge in [0.1, 0.15) is 23.2 Å². The summed E-state index contributed by atoms with van der Waals surface area (Å²) in [4.78, 5) is 12.0. The van der Waals surface area contributed by atoms with Crippen molar-refractivity contribution < 1.29 is 9.13 Å². The Morgan fingerprint density at radius 3 is 2.20 bits per heavy atom. The van der Waals surface area contributed by atoms with E-state index in [0.29, 0.717) is 5.75 Å². The molecule has 0 N–H and O–H groups in total. The molecule has 0 unspecified atom stereocenters. The number of pyridine rings is 1. The second kappa shape index (κ2) is 8.99. The van der Waals surface area contributed by atoms with Crippen molar-refractivity contribution in [3.05, 3.63) is 126 Å². The summed E-state index contributed by atoms with van der Waals surface area (Å²) in [5.74, 6) is 0.316. The first-order chi connectivity index (χ1) is 17.2. The summed E-state index contributed by atoms with van der Waals surface area (Å²) in [5, 5.41) is 0. The highest BCUT2D eigenvalue weighted by Crippen LogP contribution is 2.51. The highest BCUT2D eigenvalue weighted by molar-refractivity contribution is 6.13. The van der Waals surface area contributed by atoms with E-state index in [9.17, 15) is 4.39 Å². The van der Waals surface area contributed by atoms with Crippen LogP contribution in [0.5, 0.6) is 5.75 Å². The standard InChI is InChI=1S/C30H26FN3O/c31-24-13-14-26-27(20-24)35-30(15-18-34(19-16-30)25-12-7-17-32-21-25)29(26)33-28(22-8-3-1-4-9-22)23-10-5-2-6-11-23/h1-14,17,20-21,29H,15-16,18-19H2/t29-/m1/s1. The first-order valence-electron chi connectivity index (χ1n) is 12.0. The number of aliphatic imine (C=N–C) groups is 1. The molecule has 4 nitrogen and oxygen atoms in total. The fourth-order valence-corrected chi connectivity index (χ4v) is 5.26. The van der Waals surface area contributed by atoms with E-state index in [1.807, 2.05) is 54.7 Å². The van der Waals surface area contributed by atoms with E-state index in [1.165, 1.54) is 12.1 Å². The molecule has 0 aliphatic carbocycles. The van der Waals surface area contributed by atoms with Gasteiger partial charge in [0.15, 0.2) is 0 Å². The lowest BCUT2D eigenvalue weighted by Crippen LogP contribution is -2.49. The highest BCUT2D eigenvalue weighted by Gasteiger charge is 2.50. The molecule has 0 saturated carbocycles. The van der Waals surface area contributed by atoms with E-state index < -0.39 is 5.60 Å². The SMILES string of the molecule is Fc1ccc2c(c1)OC1(CCN(c3cccnc3)CC1)[C@@H]2N=C(c1ccccc1)c1ccccc1. The molecule has 4 aromatic rings. The van der Waals surface area contributed by atoms with Crippen LogP contribution in [0.4, 0.5) is 10.1 Å². The van der Waals surface area contributed by atoms with Crippen molar-refractivity contribution in [2.45, 2.75) is 24.5 Å². The quantitative estimate of drug-likeness (QED) is 0.337. The van der Waals surface area contributed by atoms with Crippen LogP contribution < -0.4 is 9.64 Å². The number of fused-ring (bicyclic) bond motifs is 1. The average Bonchev–Trinajstić information content (AvgIpc) is 3.20. The zero-order chi connectivity index (χ0) is 23.7. The number of halogens is 1. The number of piperidine rings is 1. The van der Waals surface area contributed by atoms with Crippen LogP contribution in [0.15, 0.2) is 108 Å². The first-order valence-corrected chi connectivity index (χ1v) is 12.0. The summed E-state index contributed by atoms with van der Waals surface area (Å²) >= 11 is 0. The van der Waals surface area contributed by atoms with Crippen LogP contribution in [0.3, 0.4) is 0 Å². The van der Waals surface area contributed by atoms with E-state index in [2.05, 4.69) is 40.2 Å². The van der Waals surface area contributed by atoms with Gasteiger partial charge in [-0.25, -0.2) is 4.39 Å². The normalized spacial score (nSPS) is 18.1. The number of rotatable bonds is 4. The van der Waals surface area contributed by atoms with Gasteiger partial charge >= 0.3 is 0 Å². The average molecular weight is 464 g/mol. The maximum absolute atomic E-state index is 14.2. The monoisotopic (exact) mass is 463 g/mol. The molecule has 3 heterocycles. The van der Waals surface area contributed by atoms with E-state index >= 15 is 0 Å². The van der Waals surface area contributed by atoms with E-state index in [0.717, 1.165) is 54.0 Å². The van der Waals surface area contributed by atoms with Crippen molar-refractivity contribution in [3.63, 3.8) is 0 Å². The minimum Gasteiger partial charge on any atom is -0.484 e. The number of anilines is 1. The Kier molecular flexibility index (Phi) is 5.53. The predicted octanol–water partition coefficient (Wildman–Crippen LogP) is 6.23. The molecule has 2 aliphatic rings. The molecule has 0 bridgehead atoms. The maximum atomic E-state index is 14.2. The zero-order valence-corrected chi connectivity index (χ0v) is 19.3. The van der Waals surface area contributed by atoms with Crippen LogP contribution in [-0.4, -0.2) is 29.4 Å². The second-order valence-electron chi connectivity index (χ2n) is 9.16. The van der Waals surface area contributed by atoms with Crippen molar-refractivity contribution in [2.24, 2.45) is 4.99 Å². The maximum Gasteiger partial charge on any atom is 0.139 e. The summed E-state index contributed by atoms with van der Waals surface area (Å²) < 4.78 is 20.8. The molecular formula is C30H26FN3O. The zero-order valence-electron chi connectivity index (χ0n) is 19.3. The number of ether oxygens (including phenoxy) is 1. The summed E-state index contributed by atoms with van der Waals surface area (Å²) in [6.45, 7) is 1.64. The number of hydrogen-bond acceptors (Lipinski definition) is 4. The van der Waals surface area contributed by atoms with E-state index in [-0.39, 0.29) is 11.9 Å². The first kappa shape index (κ1) is 21.5. The van der Waals surface area contributed by atoms with Gasteiger partial charge in [-0.1, -0.05) is 66.7 Å². The van der Waals surface area contributed by atoms with E-state index in [4.69, 9.17) is 9.73 Å². The third kappa shape index (κ3) is 4.08. The largest absolute Gasteiger partial charge is 0.484 e. The lowest BCUT2D eigenvalue weighted by molar-refractivity contribution is 0.0438. The van der Waals surface area contributed by atoms with E-state index in [1.54, 1.807) is 6.20 Å². The van der Waals surface area contributed by atoms with Crippen LogP contribution in [0, 0.1) is 5.82 Å². The van der Waals surface area contributed by atoms with Gasteiger partial charge in [-0.3, -0.25) is 9.98 Å². The third-order valence-corrected chi connectivity index (χ3v) is 7.06. The van der Waals surface area contributed by atoms with Crippen LogP contribution in [0.2, 0.25) is 0 Å².